The quantitative estimate of drug-likeness (QED) is 0.616. The Morgan fingerprint density at radius 2 is 1.82 bits per heavy atom. The maximum atomic E-state index is 12.4. The van der Waals surface area contributed by atoms with Crippen LogP contribution in [0, 0.1) is 13.8 Å². The Kier molecular flexibility index (Phi) is 6.46. The van der Waals surface area contributed by atoms with Gasteiger partial charge in [-0.3, -0.25) is 4.79 Å². The van der Waals surface area contributed by atoms with Crippen molar-refractivity contribution in [1.29, 1.82) is 0 Å². The summed E-state index contributed by atoms with van der Waals surface area (Å²) in [6, 6.07) is 14.4. The molecule has 6 nitrogen and oxygen atoms in total. The third-order valence-electron chi connectivity index (χ3n) is 4.49. The Balaban J connectivity index is 1.61. The third-order valence-corrected chi connectivity index (χ3v) is 5.41. The average molecular weight is 396 g/mol. The van der Waals surface area contributed by atoms with Crippen LogP contribution in [0.4, 0.5) is 0 Å². The van der Waals surface area contributed by atoms with Crippen LogP contribution in [0.2, 0.25) is 0 Å². The zero-order chi connectivity index (χ0) is 20.1. The highest BCUT2D eigenvalue weighted by atomic mass is 32.2. The first-order valence-corrected chi connectivity index (χ1v) is 10.3. The van der Waals surface area contributed by atoms with Gasteiger partial charge in [-0.1, -0.05) is 49.0 Å². The molecule has 146 valence electrons. The molecular formula is C21H25N5OS. The van der Waals surface area contributed by atoms with E-state index in [1.165, 1.54) is 17.3 Å². The summed E-state index contributed by atoms with van der Waals surface area (Å²) in [5, 5.41) is 15.5. The minimum atomic E-state index is -0.0490. The number of hydrogen-bond acceptors (Lipinski definition) is 5. The van der Waals surface area contributed by atoms with Crippen LogP contribution in [-0.4, -0.2) is 31.9 Å². The largest absolute Gasteiger partial charge is 0.349 e. The fourth-order valence-corrected chi connectivity index (χ4v) is 3.74. The number of aromatic nitrogens is 4. The van der Waals surface area contributed by atoms with Gasteiger partial charge in [0.2, 0.25) is 11.1 Å². The second-order valence-electron chi connectivity index (χ2n) is 6.89. The van der Waals surface area contributed by atoms with Crippen LogP contribution in [0.3, 0.4) is 0 Å². The lowest BCUT2D eigenvalue weighted by Gasteiger charge is -2.14. The highest BCUT2D eigenvalue weighted by Crippen LogP contribution is 2.20. The van der Waals surface area contributed by atoms with E-state index in [9.17, 15) is 4.79 Å². The van der Waals surface area contributed by atoms with Crippen molar-refractivity contribution < 1.29 is 4.79 Å². The smallest absolute Gasteiger partial charge is 0.230 e. The number of hydrogen-bond donors (Lipinski definition) is 1. The first kappa shape index (κ1) is 20.1. The summed E-state index contributed by atoms with van der Waals surface area (Å²) >= 11 is 1.33. The summed E-state index contributed by atoms with van der Waals surface area (Å²) in [5.41, 5.74) is 5.56. The molecule has 0 aliphatic rings. The third kappa shape index (κ3) is 4.98. The molecule has 0 bridgehead atoms. The molecular weight excluding hydrogens is 370 g/mol. The number of rotatable bonds is 7. The van der Waals surface area contributed by atoms with Gasteiger partial charge < -0.3 is 5.32 Å². The second-order valence-corrected chi connectivity index (χ2v) is 7.83. The molecule has 3 aromatic rings. The minimum Gasteiger partial charge on any atom is -0.349 e. The summed E-state index contributed by atoms with van der Waals surface area (Å²) in [7, 11) is 0. The highest BCUT2D eigenvalue weighted by Gasteiger charge is 2.14. The van der Waals surface area contributed by atoms with Crippen LogP contribution >= 0.6 is 11.8 Å². The van der Waals surface area contributed by atoms with E-state index in [1.54, 1.807) is 4.68 Å². The van der Waals surface area contributed by atoms with Gasteiger partial charge in [0.05, 0.1) is 17.5 Å². The normalized spacial score (nSPS) is 12.0. The zero-order valence-corrected chi connectivity index (χ0v) is 17.5. The summed E-state index contributed by atoms with van der Waals surface area (Å²) in [6.07, 6.45) is 1.01. The molecule has 7 heteroatoms. The van der Waals surface area contributed by atoms with Crippen molar-refractivity contribution in [2.75, 3.05) is 5.75 Å². The van der Waals surface area contributed by atoms with Gasteiger partial charge in [-0.15, -0.1) is 5.10 Å². The van der Waals surface area contributed by atoms with Crippen molar-refractivity contribution >= 4 is 17.7 Å². The molecule has 0 saturated heterocycles. The number of carbonyl (C=O) groups is 1. The molecule has 0 aliphatic carbocycles. The van der Waals surface area contributed by atoms with Crippen LogP contribution in [0.15, 0.2) is 47.6 Å². The molecule has 2 aromatic carbocycles. The van der Waals surface area contributed by atoms with Crippen molar-refractivity contribution in [2.45, 2.75) is 45.3 Å². The lowest BCUT2D eigenvalue weighted by molar-refractivity contribution is -0.119. The number of carbonyl (C=O) groups excluding carboxylic acids is 1. The Morgan fingerprint density at radius 3 is 2.46 bits per heavy atom. The molecule has 0 spiro atoms. The first-order chi connectivity index (χ1) is 13.5. The molecule has 0 saturated carbocycles. The molecule has 1 N–H and O–H groups in total. The van der Waals surface area contributed by atoms with Crippen LogP contribution in [-0.2, 0) is 11.2 Å². The van der Waals surface area contributed by atoms with Crippen molar-refractivity contribution in [3.05, 3.63) is 64.7 Å². The van der Waals surface area contributed by atoms with Crippen molar-refractivity contribution in [2.24, 2.45) is 0 Å². The zero-order valence-electron chi connectivity index (χ0n) is 16.6. The molecule has 28 heavy (non-hydrogen) atoms. The van der Waals surface area contributed by atoms with Gasteiger partial charge in [-0.2, -0.15) is 4.68 Å². The molecule has 1 amide bonds. The van der Waals surface area contributed by atoms with Crippen LogP contribution in [0.1, 0.15) is 42.1 Å². The number of tetrazole rings is 1. The topological polar surface area (TPSA) is 72.7 Å². The van der Waals surface area contributed by atoms with E-state index in [1.807, 2.05) is 32.9 Å². The molecule has 0 fully saturated rings. The maximum absolute atomic E-state index is 12.4. The van der Waals surface area contributed by atoms with Crippen LogP contribution in [0.25, 0.3) is 5.69 Å². The summed E-state index contributed by atoms with van der Waals surface area (Å²) < 4.78 is 1.67. The van der Waals surface area contributed by atoms with Crippen molar-refractivity contribution in [1.82, 2.24) is 25.5 Å². The SMILES string of the molecule is CCc1ccc([C@H](C)NC(=O)CSc2nnnn2-c2cc(C)cc(C)c2)cc1. The van der Waals surface area contributed by atoms with Gasteiger partial charge in [0.15, 0.2) is 0 Å². The summed E-state index contributed by atoms with van der Waals surface area (Å²) in [6.45, 7) is 8.19. The van der Waals surface area contributed by atoms with Gasteiger partial charge in [0.25, 0.3) is 0 Å². The van der Waals surface area contributed by atoms with E-state index >= 15 is 0 Å². The number of benzene rings is 2. The molecule has 0 radical (unpaired) electrons. The van der Waals surface area contributed by atoms with E-state index in [-0.39, 0.29) is 17.7 Å². The average Bonchev–Trinajstić information content (AvgIpc) is 3.14. The second kappa shape index (κ2) is 9.01. The van der Waals surface area contributed by atoms with E-state index in [0.717, 1.165) is 28.8 Å². The van der Waals surface area contributed by atoms with E-state index < -0.39 is 0 Å². The number of aryl methyl sites for hydroxylation is 3. The molecule has 1 atom stereocenters. The minimum absolute atomic E-state index is 0.0468. The van der Waals surface area contributed by atoms with Crippen LogP contribution in [0.5, 0.6) is 0 Å². The number of thioether (sulfide) groups is 1. The number of nitrogens with one attached hydrogen (secondary N) is 1. The molecule has 3 rings (SSSR count). The van der Waals surface area contributed by atoms with E-state index in [2.05, 4.69) is 58.1 Å². The van der Waals surface area contributed by atoms with Gasteiger partial charge in [-0.05, 0) is 72.0 Å². The Morgan fingerprint density at radius 1 is 1.14 bits per heavy atom. The molecule has 1 heterocycles. The van der Waals surface area contributed by atoms with Crippen LogP contribution < -0.4 is 5.32 Å². The molecule has 1 aromatic heterocycles. The Bertz CT molecular complexity index is 931. The highest BCUT2D eigenvalue weighted by molar-refractivity contribution is 7.99. The van der Waals surface area contributed by atoms with Gasteiger partial charge in [0, 0.05) is 0 Å². The Hall–Kier alpha value is -2.67. The standard InChI is InChI=1S/C21H25N5OS/c1-5-17-6-8-18(9-7-17)16(4)22-20(27)13-28-21-23-24-25-26(21)19-11-14(2)10-15(3)12-19/h6-12,16H,5,13H2,1-4H3,(H,22,27)/t16-/m0/s1. The summed E-state index contributed by atoms with van der Waals surface area (Å²) in [4.78, 5) is 12.4. The predicted octanol–water partition coefficient (Wildman–Crippen LogP) is 3.81. The van der Waals surface area contributed by atoms with Gasteiger partial charge >= 0.3 is 0 Å². The predicted molar refractivity (Wildman–Crippen MR) is 112 cm³/mol. The van der Waals surface area contributed by atoms with E-state index in [4.69, 9.17) is 0 Å². The first-order valence-electron chi connectivity index (χ1n) is 9.34. The molecule has 0 aliphatic heterocycles. The van der Waals surface area contributed by atoms with Gasteiger partial charge in [0.1, 0.15) is 0 Å². The monoisotopic (exact) mass is 395 g/mol. The fraction of sp³-hybridized carbons (Fsp3) is 0.333. The lowest BCUT2D eigenvalue weighted by atomic mass is 10.1. The summed E-state index contributed by atoms with van der Waals surface area (Å²) in [5.74, 6) is 0.203. The van der Waals surface area contributed by atoms with Crippen molar-refractivity contribution in [3.8, 4) is 5.69 Å². The lowest BCUT2D eigenvalue weighted by Crippen LogP contribution is -2.28. The van der Waals surface area contributed by atoms with Gasteiger partial charge in [-0.25, -0.2) is 0 Å². The van der Waals surface area contributed by atoms with E-state index in [0.29, 0.717) is 5.16 Å². The number of nitrogens with zero attached hydrogens (tertiary/aromatic N) is 4. The maximum Gasteiger partial charge on any atom is 0.230 e. The Labute approximate surface area is 169 Å². The molecule has 0 unspecified atom stereocenters. The van der Waals surface area contributed by atoms with Crippen molar-refractivity contribution in [3.63, 3.8) is 0 Å². The number of amides is 1. The fourth-order valence-electron chi connectivity index (χ4n) is 3.04.